The quantitative estimate of drug-likeness (QED) is 0.729. The van der Waals surface area contributed by atoms with Crippen molar-refractivity contribution >= 4 is 16.9 Å². The van der Waals surface area contributed by atoms with E-state index in [9.17, 15) is 14.3 Å². The first-order valence-corrected chi connectivity index (χ1v) is 7.55. The lowest BCUT2D eigenvalue weighted by Crippen LogP contribution is -2.95. The molecule has 0 saturated heterocycles. The molecular weight excluding hydrogens is 295 g/mol. The number of aromatic amines is 1. The first kappa shape index (κ1) is 14.0. The second kappa shape index (κ2) is 5.21. The number of fused-ring (bicyclic) bond motifs is 3. The van der Waals surface area contributed by atoms with Crippen LogP contribution in [0.1, 0.15) is 22.9 Å². The molecule has 23 heavy (non-hydrogen) atoms. The number of quaternary nitrogens is 1. The van der Waals surface area contributed by atoms with Gasteiger partial charge in [-0.1, -0.05) is 30.3 Å². The molecule has 0 spiro atoms. The SMILES string of the molecule is O=C([O-])[C@@H]1Cc2c([nH]c3ccccc23)[C@@H](c2ccccc2F)[NH2+]1. The molecule has 1 aliphatic rings. The molecule has 2 heterocycles. The number of para-hydroxylation sites is 1. The molecule has 0 bridgehead atoms. The Labute approximate surface area is 132 Å². The van der Waals surface area contributed by atoms with E-state index in [0.717, 1.165) is 22.2 Å². The third kappa shape index (κ3) is 2.21. The van der Waals surface area contributed by atoms with E-state index < -0.39 is 18.1 Å². The standard InChI is InChI=1S/C18H15FN2O2/c19-13-7-3-1-6-11(13)16-17-12(9-15(21-16)18(22)23)10-5-2-4-8-14(10)20-17/h1-8,15-16,20-21H,9H2,(H,22,23)/t15-,16+/m0/s1. The number of H-pyrrole nitrogens is 1. The first-order chi connectivity index (χ1) is 11.1. The van der Waals surface area contributed by atoms with Gasteiger partial charge in [-0.05, 0) is 23.8 Å². The van der Waals surface area contributed by atoms with Crippen LogP contribution in [0, 0.1) is 5.82 Å². The zero-order valence-electron chi connectivity index (χ0n) is 12.3. The molecule has 0 aliphatic carbocycles. The summed E-state index contributed by atoms with van der Waals surface area (Å²) in [5.74, 6) is -1.46. The molecule has 3 aromatic rings. The minimum atomic E-state index is -1.12. The minimum absolute atomic E-state index is 0.336. The van der Waals surface area contributed by atoms with E-state index in [1.54, 1.807) is 23.5 Å². The van der Waals surface area contributed by atoms with E-state index >= 15 is 0 Å². The van der Waals surface area contributed by atoms with Crippen LogP contribution in [0.15, 0.2) is 48.5 Å². The number of hydrogen-bond acceptors (Lipinski definition) is 2. The van der Waals surface area contributed by atoms with Gasteiger partial charge in [0.2, 0.25) is 0 Å². The van der Waals surface area contributed by atoms with Crippen molar-refractivity contribution in [3.8, 4) is 0 Å². The highest BCUT2D eigenvalue weighted by atomic mass is 19.1. The number of carbonyl (C=O) groups excluding carboxylic acids is 1. The van der Waals surface area contributed by atoms with Gasteiger partial charge in [-0.2, -0.15) is 0 Å². The Kier molecular flexibility index (Phi) is 3.16. The van der Waals surface area contributed by atoms with E-state index in [4.69, 9.17) is 0 Å². The van der Waals surface area contributed by atoms with Gasteiger partial charge < -0.3 is 20.2 Å². The van der Waals surface area contributed by atoms with Crippen LogP contribution < -0.4 is 10.4 Å². The van der Waals surface area contributed by atoms with Crippen molar-refractivity contribution in [3.05, 3.63) is 71.2 Å². The second-order valence-electron chi connectivity index (χ2n) is 5.88. The summed E-state index contributed by atoms with van der Waals surface area (Å²) >= 11 is 0. The van der Waals surface area contributed by atoms with Crippen molar-refractivity contribution in [1.29, 1.82) is 0 Å². The lowest BCUT2D eigenvalue weighted by molar-refractivity contribution is -0.717. The van der Waals surface area contributed by atoms with Gasteiger partial charge in [0.25, 0.3) is 0 Å². The molecule has 116 valence electrons. The molecule has 0 amide bonds. The van der Waals surface area contributed by atoms with Crippen molar-refractivity contribution in [2.75, 3.05) is 0 Å². The third-order valence-electron chi connectivity index (χ3n) is 4.55. The number of rotatable bonds is 2. The van der Waals surface area contributed by atoms with Crippen molar-refractivity contribution in [2.24, 2.45) is 0 Å². The summed E-state index contributed by atoms with van der Waals surface area (Å²) in [5, 5.41) is 14.1. The van der Waals surface area contributed by atoms with Gasteiger partial charge in [0.05, 0.1) is 17.2 Å². The molecule has 5 heteroatoms. The van der Waals surface area contributed by atoms with E-state index in [2.05, 4.69) is 4.98 Å². The normalized spacial score (nSPS) is 20.4. The van der Waals surface area contributed by atoms with Gasteiger partial charge in [-0.15, -0.1) is 0 Å². The van der Waals surface area contributed by atoms with Crippen LogP contribution in [-0.2, 0) is 11.2 Å². The highest BCUT2D eigenvalue weighted by Gasteiger charge is 2.35. The number of carboxylic acids is 1. The molecule has 1 aliphatic heterocycles. The summed E-state index contributed by atoms with van der Waals surface area (Å²) in [6, 6.07) is 13.1. The number of nitrogens with two attached hydrogens (primary N) is 1. The number of aliphatic carboxylic acids is 1. The Bertz CT molecular complexity index is 903. The van der Waals surface area contributed by atoms with Crippen molar-refractivity contribution in [2.45, 2.75) is 18.5 Å². The number of benzene rings is 2. The number of nitrogens with one attached hydrogen (secondary N) is 1. The molecule has 2 aromatic carbocycles. The molecule has 4 nitrogen and oxygen atoms in total. The summed E-state index contributed by atoms with van der Waals surface area (Å²) in [6.07, 6.45) is 0.368. The van der Waals surface area contributed by atoms with Gasteiger partial charge in [-0.25, -0.2) is 4.39 Å². The molecule has 0 fully saturated rings. The summed E-state index contributed by atoms with van der Waals surface area (Å²) in [6.45, 7) is 0. The van der Waals surface area contributed by atoms with Gasteiger partial charge in [0.1, 0.15) is 11.9 Å². The largest absolute Gasteiger partial charge is 0.544 e. The van der Waals surface area contributed by atoms with Crippen LogP contribution in [-0.4, -0.2) is 17.0 Å². The van der Waals surface area contributed by atoms with Crippen LogP contribution in [0.25, 0.3) is 10.9 Å². The highest BCUT2D eigenvalue weighted by molar-refractivity contribution is 5.86. The van der Waals surface area contributed by atoms with E-state index in [0.29, 0.717) is 12.0 Å². The number of aromatic nitrogens is 1. The van der Waals surface area contributed by atoms with Crippen molar-refractivity contribution < 1.29 is 19.6 Å². The van der Waals surface area contributed by atoms with E-state index in [1.807, 2.05) is 24.3 Å². The Morgan fingerprint density at radius 2 is 1.91 bits per heavy atom. The second-order valence-corrected chi connectivity index (χ2v) is 5.88. The predicted octanol–water partition coefficient (Wildman–Crippen LogP) is 0.634. The fraction of sp³-hybridized carbons (Fsp3) is 0.167. The van der Waals surface area contributed by atoms with E-state index in [1.165, 1.54) is 6.07 Å². The highest BCUT2D eigenvalue weighted by Crippen LogP contribution is 2.32. The fourth-order valence-corrected chi connectivity index (χ4v) is 3.47. The molecule has 0 radical (unpaired) electrons. The van der Waals surface area contributed by atoms with Gasteiger partial charge in [-0.3, -0.25) is 0 Å². The van der Waals surface area contributed by atoms with Gasteiger partial charge >= 0.3 is 0 Å². The van der Waals surface area contributed by atoms with Gasteiger partial charge in [0, 0.05) is 17.3 Å². The monoisotopic (exact) mass is 310 g/mol. The molecular formula is C18H15FN2O2. The summed E-state index contributed by atoms with van der Waals surface area (Å²) in [5.41, 5.74) is 3.22. The lowest BCUT2D eigenvalue weighted by Gasteiger charge is -2.29. The van der Waals surface area contributed by atoms with Crippen LogP contribution >= 0.6 is 0 Å². The fourth-order valence-electron chi connectivity index (χ4n) is 3.47. The maximum absolute atomic E-state index is 14.3. The molecule has 0 unspecified atom stereocenters. The number of carboxylic acid groups (broad SMARTS) is 1. The molecule has 1 aromatic heterocycles. The maximum Gasteiger partial charge on any atom is 0.156 e. The smallest absolute Gasteiger partial charge is 0.156 e. The van der Waals surface area contributed by atoms with Crippen LogP contribution in [0.5, 0.6) is 0 Å². The van der Waals surface area contributed by atoms with Crippen molar-refractivity contribution in [3.63, 3.8) is 0 Å². The number of carbonyl (C=O) groups is 1. The molecule has 2 atom stereocenters. The van der Waals surface area contributed by atoms with Gasteiger partial charge in [0.15, 0.2) is 6.04 Å². The predicted molar refractivity (Wildman–Crippen MR) is 81.0 cm³/mol. The molecule has 0 saturated carbocycles. The Morgan fingerprint density at radius 3 is 2.70 bits per heavy atom. The topological polar surface area (TPSA) is 72.5 Å². The zero-order chi connectivity index (χ0) is 16.0. The van der Waals surface area contributed by atoms with E-state index in [-0.39, 0.29) is 5.82 Å². The summed E-state index contributed by atoms with van der Waals surface area (Å²) in [7, 11) is 0. The Hall–Kier alpha value is -2.66. The van der Waals surface area contributed by atoms with Crippen molar-refractivity contribution in [1.82, 2.24) is 4.98 Å². The zero-order valence-corrected chi connectivity index (χ0v) is 12.3. The first-order valence-electron chi connectivity index (χ1n) is 7.55. The molecule has 4 rings (SSSR count). The Morgan fingerprint density at radius 1 is 1.17 bits per heavy atom. The average molecular weight is 310 g/mol. The minimum Gasteiger partial charge on any atom is -0.544 e. The summed E-state index contributed by atoms with van der Waals surface area (Å²) < 4.78 is 14.3. The maximum atomic E-state index is 14.3. The van der Waals surface area contributed by atoms with Crippen LogP contribution in [0.2, 0.25) is 0 Å². The summed E-state index contributed by atoms with van der Waals surface area (Å²) in [4.78, 5) is 14.8. The Balaban J connectivity index is 1.93. The lowest BCUT2D eigenvalue weighted by atomic mass is 9.90. The molecule has 3 N–H and O–H groups in total. The number of halogens is 1. The number of hydrogen-bond donors (Lipinski definition) is 2. The van der Waals surface area contributed by atoms with Crippen LogP contribution in [0.3, 0.4) is 0 Å². The van der Waals surface area contributed by atoms with Crippen LogP contribution in [0.4, 0.5) is 4.39 Å². The third-order valence-corrected chi connectivity index (χ3v) is 4.55. The average Bonchev–Trinajstić information content (AvgIpc) is 2.93.